The molecule has 0 unspecified atom stereocenters. The van der Waals surface area contributed by atoms with Crippen LogP contribution in [0.1, 0.15) is 28.4 Å². The summed E-state index contributed by atoms with van der Waals surface area (Å²) in [5, 5.41) is 0. The third-order valence-corrected chi connectivity index (χ3v) is 4.26. The van der Waals surface area contributed by atoms with Crippen LogP contribution in [0.4, 0.5) is 0 Å². The Labute approximate surface area is 154 Å². The quantitative estimate of drug-likeness (QED) is 0.387. The van der Waals surface area contributed by atoms with Crippen molar-refractivity contribution in [3.63, 3.8) is 0 Å². The first kappa shape index (κ1) is 18.2. The molecule has 0 atom stereocenters. The van der Waals surface area contributed by atoms with Crippen LogP contribution in [0.25, 0.3) is 5.57 Å². The Morgan fingerprint density at radius 1 is 1.00 bits per heavy atom. The van der Waals surface area contributed by atoms with Gasteiger partial charge in [-0.05, 0) is 52.8 Å². The third kappa shape index (κ3) is 4.44. The number of carbonyl (C=O) groups is 2. The molecular formula is C19H17IO4. The zero-order chi connectivity index (χ0) is 17.5. The molecule has 2 aromatic carbocycles. The number of hydrogen-bond donors (Lipinski definition) is 0. The monoisotopic (exact) mass is 436 g/mol. The smallest absolute Gasteiger partial charge is 0.339 e. The first-order valence-electron chi connectivity index (χ1n) is 7.40. The molecule has 0 saturated carbocycles. The van der Waals surface area contributed by atoms with Gasteiger partial charge in [0.05, 0.1) is 17.7 Å². The number of benzene rings is 2. The summed E-state index contributed by atoms with van der Waals surface area (Å²) in [5.74, 6) is -0.884. The minimum Gasteiger partial charge on any atom is -0.462 e. The van der Waals surface area contributed by atoms with E-state index in [1.807, 2.05) is 18.2 Å². The molecule has 24 heavy (non-hydrogen) atoms. The van der Waals surface area contributed by atoms with Gasteiger partial charge in [0.1, 0.15) is 6.61 Å². The zero-order valence-electron chi connectivity index (χ0n) is 13.3. The van der Waals surface area contributed by atoms with Crippen LogP contribution in [0.3, 0.4) is 0 Å². The van der Waals surface area contributed by atoms with Crippen LogP contribution in [0.5, 0.6) is 0 Å². The molecule has 0 heterocycles. The average molecular weight is 436 g/mol. The van der Waals surface area contributed by atoms with Crippen LogP contribution >= 0.6 is 22.6 Å². The summed E-state index contributed by atoms with van der Waals surface area (Å²) >= 11 is 2.09. The molecule has 0 radical (unpaired) electrons. The number of carbonyl (C=O) groups excluding carboxylic acids is 2. The summed E-state index contributed by atoms with van der Waals surface area (Å²) in [7, 11) is 0. The van der Waals surface area contributed by atoms with Gasteiger partial charge in [-0.1, -0.05) is 43.0 Å². The molecule has 0 amide bonds. The molecule has 0 spiro atoms. The number of esters is 2. The van der Waals surface area contributed by atoms with Gasteiger partial charge < -0.3 is 9.47 Å². The molecule has 4 nitrogen and oxygen atoms in total. The van der Waals surface area contributed by atoms with Gasteiger partial charge in [-0.15, -0.1) is 0 Å². The largest absolute Gasteiger partial charge is 0.462 e. The highest BCUT2D eigenvalue weighted by Crippen LogP contribution is 2.21. The Morgan fingerprint density at radius 2 is 1.62 bits per heavy atom. The lowest BCUT2D eigenvalue weighted by molar-refractivity contribution is -0.136. The zero-order valence-corrected chi connectivity index (χ0v) is 15.4. The Kier molecular flexibility index (Phi) is 6.54. The van der Waals surface area contributed by atoms with E-state index in [1.165, 1.54) is 0 Å². The summed E-state index contributed by atoms with van der Waals surface area (Å²) in [5.41, 5.74) is 2.08. The summed E-state index contributed by atoms with van der Waals surface area (Å²) < 4.78 is 11.2. The van der Waals surface area contributed by atoms with Gasteiger partial charge in [0.2, 0.25) is 0 Å². The fourth-order valence-corrected chi connectivity index (χ4v) is 2.72. The summed E-state index contributed by atoms with van der Waals surface area (Å²) in [4.78, 5) is 24.1. The molecule has 0 fully saturated rings. The lowest BCUT2D eigenvalue weighted by Crippen LogP contribution is -2.10. The number of halogens is 1. The Balaban J connectivity index is 2.14. The molecule has 2 rings (SSSR count). The van der Waals surface area contributed by atoms with Crippen molar-refractivity contribution in [1.82, 2.24) is 0 Å². The predicted octanol–water partition coefficient (Wildman–Crippen LogP) is 4.22. The molecule has 0 N–H and O–H groups in total. The fourth-order valence-electron chi connectivity index (χ4n) is 2.12. The van der Waals surface area contributed by atoms with Crippen molar-refractivity contribution in [2.75, 3.05) is 6.61 Å². The molecule has 0 aliphatic carbocycles. The van der Waals surface area contributed by atoms with Gasteiger partial charge in [-0.2, -0.15) is 0 Å². The minimum absolute atomic E-state index is 0.0540. The highest BCUT2D eigenvalue weighted by Gasteiger charge is 2.16. The van der Waals surface area contributed by atoms with Crippen molar-refractivity contribution in [3.8, 4) is 0 Å². The normalized spacial score (nSPS) is 10.1. The van der Waals surface area contributed by atoms with E-state index >= 15 is 0 Å². The number of ether oxygens (including phenoxy) is 2. The van der Waals surface area contributed by atoms with Gasteiger partial charge in [-0.25, -0.2) is 9.59 Å². The van der Waals surface area contributed by atoms with E-state index in [1.54, 1.807) is 37.3 Å². The second-order valence-corrected chi connectivity index (χ2v) is 6.07. The molecule has 5 heteroatoms. The maximum atomic E-state index is 12.2. The predicted molar refractivity (Wildman–Crippen MR) is 100 cm³/mol. The Hall–Kier alpha value is -2.15. The highest BCUT2D eigenvalue weighted by atomic mass is 127. The van der Waals surface area contributed by atoms with Crippen LogP contribution in [0, 0.1) is 3.57 Å². The SMILES string of the molecule is C=C(C(=O)OCC)c1ccccc1COC(=O)c1ccccc1I. The summed E-state index contributed by atoms with van der Waals surface area (Å²) in [6.45, 7) is 5.86. The van der Waals surface area contributed by atoms with Crippen molar-refractivity contribution >= 4 is 40.1 Å². The van der Waals surface area contributed by atoms with Gasteiger partial charge in [0, 0.05) is 3.57 Å². The van der Waals surface area contributed by atoms with Crippen molar-refractivity contribution in [1.29, 1.82) is 0 Å². The summed E-state index contributed by atoms with van der Waals surface area (Å²) in [6.07, 6.45) is 0. The van der Waals surface area contributed by atoms with E-state index in [4.69, 9.17) is 9.47 Å². The van der Waals surface area contributed by atoms with E-state index in [9.17, 15) is 9.59 Å². The van der Waals surface area contributed by atoms with Crippen molar-refractivity contribution in [3.05, 3.63) is 75.4 Å². The van der Waals surface area contributed by atoms with Crippen LogP contribution in [-0.4, -0.2) is 18.5 Å². The van der Waals surface area contributed by atoms with E-state index < -0.39 is 11.9 Å². The van der Waals surface area contributed by atoms with E-state index in [0.29, 0.717) is 16.7 Å². The minimum atomic E-state index is -0.478. The van der Waals surface area contributed by atoms with Crippen molar-refractivity contribution in [2.45, 2.75) is 13.5 Å². The molecule has 0 bridgehead atoms. The van der Waals surface area contributed by atoms with Crippen LogP contribution < -0.4 is 0 Å². The van der Waals surface area contributed by atoms with E-state index in [0.717, 1.165) is 3.57 Å². The number of hydrogen-bond acceptors (Lipinski definition) is 4. The lowest BCUT2D eigenvalue weighted by Gasteiger charge is -2.12. The molecule has 0 aliphatic rings. The van der Waals surface area contributed by atoms with Crippen molar-refractivity contribution in [2.24, 2.45) is 0 Å². The van der Waals surface area contributed by atoms with Crippen LogP contribution in [0.2, 0.25) is 0 Å². The molecule has 0 aliphatic heterocycles. The molecule has 124 valence electrons. The lowest BCUT2D eigenvalue weighted by atomic mass is 10.0. The third-order valence-electron chi connectivity index (χ3n) is 3.32. The van der Waals surface area contributed by atoms with Gasteiger partial charge in [-0.3, -0.25) is 0 Å². The van der Waals surface area contributed by atoms with Crippen molar-refractivity contribution < 1.29 is 19.1 Å². The van der Waals surface area contributed by atoms with E-state index in [2.05, 4.69) is 29.2 Å². The van der Waals surface area contributed by atoms with Crippen LogP contribution in [-0.2, 0) is 20.9 Å². The molecule has 0 saturated heterocycles. The maximum absolute atomic E-state index is 12.2. The van der Waals surface area contributed by atoms with Gasteiger partial charge in [0.15, 0.2) is 0 Å². The van der Waals surface area contributed by atoms with Gasteiger partial charge >= 0.3 is 11.9 Å². The highest BCUT2D eigenvalue weighted by molar-refractivity contribution is 14.1. The first-order chi connectivity index (χ1) is 11.5. The number of rotatable bonds is 6. The standard InChI is InChI=1S/C19H17IO4/c1-3-23-18(21)13(2)15-9-5-4-8-14(15)12-24-19(22)16-10-6-7-11-17(16)20/h4-11H,2-3,12H2,1H3. The average Bonchev–Trinajstić information content (AvgIpc) is 2.60. The van der Waals surface area contributed by atoms with E-state index in [-0.39, 0.29) is 18.8 Å². The second kappa shape index (κ2) is 8.63. The van der Waals surface area contributed by atoms with Crippen LogP contribution in [0.15, 0.2) is 55.1 Å². The molecular weight excluding hydrogens is 419 g/mol. The first-order valence-corrected chi connectivity index (χ1v) is 8.48. The fraction of sp³-hybridized carbons (Fsp3) is 0.158. The topological polar surface area (TPSA) is 52.6 Å². The summed E-state index contributed by atoms with van der Waals surface area (Å²) in [6, 6.07) is 14.4. The Bertz CT molecular complexity index is 767. The van der Waals surface area contributed by atoms with Gasteiger partial charge in [0.25, 0.3) is 0 Å². The molecule has 0 aromatic heterocycles. The Morgan fingerprint density at radius 3 is 2.29 bits per heavy atom. The second-order valence-electron chi connectivity index (χ2n) is 4.91. The molecule has 2 aromatic rings. The maximum Gasteiger partial charge on any atom is 0.339 e.